The zero-order valence-corrected chi connectivity index (χ0v) is 16.3. The van der Waals surface area contributed by atoms with Crippen molar-refractivity contribution in [3.8, 4) is 5.75 Å². The van der Waals surface area contributed by atoms with Gasteiger partial charge in [0.15, 0.2) is 0 Å². The Labute approximate surface area is 171 Å². The lowest BCUT2D eigenvalue weighted by atomic mass is 9.99. The number of ether oxygens (including phenoxy) is 1. The first-order valence-corrected chi connectivity index (χ1v) is 9.18. The SMILES string of the molecule is COc1ccc(N2C(=O)C(=O)/C(=C(\O)c3ccc(F)cc3)C2c2ccc(C)o2)cc1. The first-order chi connectivity index (χ1) is 14.4. The number of benzene rings is 2. The number of aryl methyl sites for hydroxylation is 1. The molecule has 2 heterocycles. The van der Waals surface area contributed by atoms with E-state index in [1.165, 1.54) is 36.3 Å². The highest BCUT2D eigenvalue weighted by Crippen LogP contribution is 2.42. The van der Waals surface area contributed by atoms with Gasteiger partial charge < -0.3 is 14.3 Å². The number of carbonyl (C=O) groups is 2. The molecular formula is C23H18FNO5. The van der Waals surface area contributed by atoms with Crippen molar-refractivity contribution < 1.29 is 28.2 Å². The van der Waals surface area contributed by atoms with E-state index in [9.17, 15) is 19.1 Å². The molecule has 0 spiro atoms. The molecule has 2 aromatic carbocycles. The molecule has 0 radical (unpaired) electrons. The van der Waals surface area contributed by atoms with Gasteiger partial charge in [-0.1, -0.05) is 0 Å². The van der Waals surface area contributed by atoms with Crippen LogP contribution in [0.5, 0.6) is 5.75 Å². The summed E-state index contributed by atoms with van der Waals surface area (Å²) in [6, 6.07) is 14.0. The number of ketones is 1. The number of nitrogens with zero attached hydrogens (tertiary/aromatic N) is 1. The quantitative estimate of drug-likeness (QED) is 0.395. The Kier molecular flexibility index (Phi) is 4.87. The van der Waals surface area contributed by atoms with Crippen molar-refractivity contribution in [3.05, 3.63) is 89.1 Å². The van der Waals surface area contributed by atoms with Gasteiger partial charge in [0.1, 0.15) is 34.9 Å². The van der Waals surface area contributed by atoms with Gasteiger partial charge in [-0.05, 0) is 67.6 Å². The van der Waals surface area contributed by atoms with Gasteiger partial charge in [-0.25, -0.2) is 4.39 Å². The molecule has 7 heteroatoms. The molecule has 1 aliphatic rings. The number of hydrogen-bond donors (Lipinski definition) is 1. The molecule has 1 aromatic heterocycles. The van der Waals surface area contributed by atoms with E-state index < -0.39 is 29.3 Å². The van der Waals surface area contributed by atoms with E-state index in [1.807, 2.05) is 0 Å². The monoisotopic (exact) mass is 407 g/mol. The summed E-state index contributed by atoms with van der Waals surface area (Å²) >= 11 is 0. The zero-order chi connectivity index (χ0) is 21.4. The van der Waals surface area contributed by atoms with E-state index >= 15 is 0 Å². The summed E-state index contributed by atoms with van der Waals surface area (Å²) in [6.45, 7) is 1.74. The molecule has 1 saturated heterocycles. The predicted octanol–water partition coefficient (Wildman–Crippen LogP) is 4.36. The largest absolute Gasteiger partial charge is 0.507 e. The average molecular weight is 407 g/mol. The highest BCUT2D eigenvalue weighted by atomic mass is 19.1. The molecule has 1 N–H and O–H groups in total. The van der Waals surface area contributed by atoms with Crippen LogP contribution in [0.1, 0.15) is 23.1 Å². The van der Waals surface area contributed by atoms with Gasteiger partial charge in [-0.15, -0.1) is 0 Å². The summed E-state index contributed by atoms with van der Waals surface area (Å²) in [4.78, 5) is 27.2. The Morgan fingerprint density at radius 3 is 2.27 bits per heavy atom. The molecule has 30 heavy (non-hydrogen) atoms. The minimum atomic E-state index is -0.975. The summed E-state index contributed by atoms with van der Waals surface area (Å²) in [7, 11) is 1.52. The fourth-order valence-electron chi connectivity index (χ4n) is 3.47. The minimum Gasteiger partial charge on any atom is -0.507 e. The summed E-state index contributed by atoms with van der Waals surface area (Å²) in [5.74, 6) is -1.04. The Morgan fingerprint density at radius 2 is 1.70 bits per heavy atom. The van der Waals surface area contributed by atoms with Crippen LogP contribution >= 0.6 is 0 Å². The topological polar surface area (TPSA) is 80.0 Å². The van der Waals surface area contributed by atoms with Crippen LogP contribution in [0.4, 0.5) is 10.1 Å². The van der Waals surface area contributed by atoms with Crippen LogP contribution in [0, 0.1) is 12.7 Å². The molecule has 0 aliphatic carbocycles. The van der Waals surface area contributed by atoms with Crippen molar-refractivity contribution in [2.24, 2.45) is 0 Å². The Balaban J connectivity index is 1.90. The van der Waals surface area contributed by atoms with Crippen molar-refractivity contribution >= 4 is 23.1 Å². The van der Waals surface area contributed by atoms with E-state index in [1.54, 1.807) is 43.3 Å². The van der Waals surface area contributed by atoms with E-state index in [2.05, 4.69) is 0 Å². The highest BCUT2D eigenvalue weighted by Gasteiger charge is 2.48. The smallest absolute Gasteiger partial charge is 0.300 e. The zero-order valence-electron chi connectivity index (χ0n) is 16.3. The molecule has 6 nitrogen and oxygen atoms in total. The second kappa shape index (κ2) is 7.51. The first-order valence-electron chi connectivity index (χ1n) is 9.18. The maximum atomic E-state index is 13.3. The number of halogens is 1. The maximum Gasteiger partial charge on any atom is 0.300 e. The van der Waals surface area contributed by atoms with Crippen molar-refractivity contribution in [1.82, 2.24) is 0 Å². The second-order valence-electron chi connectivity index (χ2n) is 6.82. The second-order valence-corrected chi connectivity index (χ2v) is 6.82. The number of methoxy groups -OCH3 is 1. The van der Waals surface area contributed by atoms with Gasteiger partial charge in [0.25, 0.3) is 11.7 Å². The van der Waals surface area contributed by atoms with E-state index in [0.717, 1.165) is 0 Å². The third-order valence-corrected chi connectivity index (χ3v) is 4.94. The number of Topliss-reactive ketones (excluding diaryl/α,β-unsaturated/α-hetero) is 1. The predicted molar refractivity (Wildman–Crippen MR) is 108 cm³/mol. The van der Waals surface area contributed by atoms with Crippen LogP contribution in [0.3, 0.4) is 0 Å². The normalized spacial score (nSPS) is 18.1. The molecule has 1 unspecified atom stereocenters. The lowest BCUT2D eigenvalue weighted by Gasteiger charge is -2.23. The number of hydrogen-bond acceptors (Lipinski definition) is 5. The average Bonchev–Trinajstić information content (AvgIpc) is 3.29. The van der Waals surface area contributed by atoms with Crippen LogP contribution in [0.15, 0.2) is 70.7 Å². The van der Waals surface area contributed by atoms with Gasteiger partial charge in [-0.3, -0.25) is 14.5 Å². The first kappa shape index (κ1) is 19.4. The fourth-order valence-corrected chi connectivity index (χ4v) is 3.47. The Morgan fingerprint density at radius 1 is 1.03 bits per heavy atom. The molecule has 1 aliphatic heterocycles. The Bertz CT molecular complexity index is 1150. The number of amides is 1. The van der Waals surface area contributed by atoms with Crippen molar-refractivity contribution in [2.75, 3.05) is 12.0 Å². The lowest BCUT2D eigenvalue weighted by Crippen LogP contribution is -2.29. The number of anilines is 1. The molecule has 3 aromatic rings. The molecule has 4 rings (SSSR count). The summed E-state index contributed by atoms with van der Waals surface area (Å²) in [6.07, 6.45) is 0. The molecule has 1 atom stereocenters. The summed E-state index contributed by atoms with van der Waals surface area (Å²) in [5.41, 5.74) is 0.532. The third-order valence-electron chi connectivity index (χ3n) is 4.94. The summed E-state index contributed by atoms with van der Waals surface area (Å²) in [5, 5.41) is 10.9. The van der Waals surface area contributed by atoms with Gasteiger partial charge in [0.2, 0.25) is 0 Å². The lowest BCUT2D eigenvalue weighted by molar-refractivity contribution is -0.132. The molecule has 0 bridgehead atoms. The van der Waals surface area contributed by atoms with Crippen molar-refractivity contribution in [1.29, 1.82) is 0 Å². The van der Waals surface area contributed by atoms with Crippen molar-refractivity contribution in [2.45, 2.75) is 13.0 Å². The molecule has 0 saturated carbocycles. The third kappa shape index (κ3) is 3.24. The van der Waals surface area contributed by atoms with Crippen LogP contribution in [0.2, 0.25) is 0 Å². The number of rotatable bonds is 4. The van der Waals surface area contributed by atoms with Crippen LogP contribution in [0.25, 0.3) is 5.76 Å². The van der Waals surface area contributed by atoms with Crippen molar-refractivity contribution in [3.63, 3.8) is 0 Å². The number of aliphatic hydroxyl groups excluding tert-OH is 1. The van der Waals surface area contributed by atoms with Crippen LogP contribution < -0.4 is 9.64 Å². The molecule has 1 fully saturated rings. The van der Waals surface area contributed by atoms with E-state index in [0.29, 0.717) is 23.0 Å². The van der Waals surface area contributed by atoms with Gasteiger partial charge in [0, 0.05) is 11.3 Å². The standard InChI is InChI=1S/C23H18FNO5/c1-13-3-12-18(30-13)20-19(21(26)14-4-6-15(24)7-5-14)22(27)23(28)25(20)16-8-10-17(29-2)11-9-16/h3-12,20,26H,1-2H3/b21-19-. The fraction of sp³-hybridized carbons (Fsp3) is 0.130. The van der Waals surface area contributed by atoms with Crippen LogP contribution in [-0.2, 0) is 9.59 Å². The molecule has 152 valence electrons. The molecular weight excluding hydrogens is 389 g/mol. The van der Waals surface area contributed by atoms with Gasteiger partial charge >= 0.3 is 0 Å². The highest BCUT2D eigenvalue weighted by molar-refractivity contribution is 6.51. The van der Waals surface area contributed by atoms with E-state index in [-0.39, 0.29) is 11.1 Å². The Hall–Kier alpha value is -3.87. The van der Waals surface area contributed by atoms with Gasteiger partial charge in [-0.2, -0.15) is 0 Å². The van der Waals surface area contributed by atoms with Crippen LogP contribution in [-0.4, -0.2) is 23.9 Å². The van der Waals surface area contributed by atoms with Gasteiger partial charge in [0.05, 0.1) is 12.7 Å². The number of carbonyl (C=O) groups excluding carboxylic acids is 2. The number of furan rings is 1. The van der Waals surface area contributed by atoms with E-state index in [4.69, 9.17) is 9.15 Å². The summed E-state index contributed by atoms with van der Waals surface area (Å²) < 4.78 is 24.2. The number of aliphatic hydroxyl groups is 1. The maximum absolute atomic E-state index is 13.3. The molecule has 1 amide bonds. The minimum absolute atomic E-state index is 0.128.